The van der Waals surface area contributed by atoms with Crippen molar-refractivity contribution in [2.75, 3.05) is 20.6 Å². The maximum Gasteiger partial charge on any atom is 0.167 e. The zero-order valence-electron chi connectivity index (χ0n) is 11.5. The number of aryl methyl sites for hydroxylation is 1. The van der Waals surface area contributed by atoms with Crippen LogP contribution in [0.5, 0.6) is 0 Å². The van der Waals surface area contributed by atoms with Gasteiger partial charge in [0.05, 0.1) is 0 Å². The zero-order chi connectivity index (χ0) is 13.4. The van der Waals surface area contributed by atoms with Gasteiger partial charge in [0.2, 0.25) is 0 Å². The molecule has 0 spiro atoms. The van der Waals surface area contributed by atoms with Crippen molar-refractivity contribution in [3.8, 4) is 0 Å². The van der Waals surface area contributed by atoms with E-state index in [9.17, 15) is 4.79 Å². The summed E-state index contributed by atoms with van der Waals surface area (Å²) in [5, 5.41) is 2.48. The molecule has 19 heavy (non-hydrogen) atoms. The molecule has 0 amide bonds. The number of Topliss-reactive ketones (excluding diaryl/α,β-unsaturated/α-hetero) is 1. The largest absolute Gasteiger partial charge is 0.309 e. The van der Waals surface area contributed by atoms with Crippen molar-refractivity contribution in [2.24, 2.45) is 5.92 Å². The first-order chi connectivity index (χ1) is 9.16. The van der Waals surface area contributed by atoms with Gasteiger partial charge in [-0.2, -0.15) is 0 Å². The molecule has 0 saturated heterocycles. The first-order valence-corrected chi connectivity index (χ1v) is 6.86. The molecule has 98 valence electrons. The molecule has 0 N–H and O–H groups in total. The van der Waals surface area contributed by atoms with Crippen molar-refractivity contribution < 1.29 is 4.79 Å². The van der Waals surface area contributed by atoms with E-state index in [-0.39, 0.29) is 5.92 Å². The van der Waals surface area contributed by atoms with E-state index in [1.807, 2.05) is 26.2 Å². The maximum atomic E-state index is 12.6. The first kappa shape index (κ1) is 12.4. The van der Waals surface area contributed by atoms with Gasteiger partial charge in [-0.25, -0.2) is 0 Å². The molecule has 0 bridgehead atoms. The predicted molar refractivity (Wildman–Crippen MR) is 78.6 cm³/mol. The monoisotopic (exact) mass is 253 g/mol. The van der Waals surface area contributed by atoms with Crippen LogP contribution in [-0.4, -0.2) is 31.3 Å². The van der Waals surface area contributed by atoms with Gasteiger partial charge >= 0.3 is 0 Å². The Hall–Kier alpha value is -1.67. The molecule has 0 radical (unpaired) electrons. The van der Waals surface area contributed by atoms with Crippen LogP contribution >= 0.6 is 0 Å². The second-order valence-electron chi connectivity index (χ2n) is 5.67. The van der Waals surface area contributed by atoms with Crippen LogP contribution in [0, 0.1) is 5.92 Å². The maximum absolute atomic E-state index is 12.6. The van der Waals surface area contributed by atoms with E-state index in [4.69, 9.17) is 0 Å². The molecule has 1 aliphatic carbocycles. The summed E-state index contributed by atoms with van der Waals surface area (Å²) in [6, 6.07) is 12.4. The molecule has 2 heteroatoms. The lowest BCUT2D eigenvalue weighted by atomic mass is 9.80. The van der Waals surface area contributed by atoms with E-state index in [1.165, 1.54) is 16.3 Å². The second kappa shape index (κ2) is 4.78. The number of hydrogen-bond acceptors (Lipinski definition) is 2. The molecule has 2 nitrogen and oxygen atoms in total. The second-order valence-corrected chi connectivity index (χ2v) is 5.67. The SMILES string of the molecule is CN(C)CC1CCc2c(ccc3ccccc23)C1=O. The highest BCUT2D eigenvalue weighted by Crippen LogP contribution is 2.31. The normalized spacial score (nSPS) is 18.9. The average Bonchev–Trinajstić information content (AvgIpc) is 2.41. The number of carbonyl (C=O) groups is 1. The van der Waals surface area contributed by atoms with Crippen LogP contribution in [0.4, 0.5) is 0 Å². The van der Waals surface area contributed by atoms with Crippen molar-refractivity contribution in [3.63, 3.8) is 0 Å². The zero-order valence-corrected chi connectivity index (χ0v) is 11.5. The molecular formula is C17H19NO. The summed E-state index contributed by atoms with van der Waals surface area (Å²) in [5.41, 5.74) is 2.19. The Kier molecular flexibility index (Phi) is 3.11. The van der Waals surface area contributed by atoms with E-state index < -0.39 is 0 Å². The minimum atomic E-state index is 0.156. The van der Waals surface area contributed by atoms with Gasteiger partial charge in [-0.05, 0) is 43.3 Å². The van der Waals surface area contributed by atoms with Gasteiger partial charge in [-0.3, -0.25) is 4.79 Å². The Labute approximate surface area is 114 Å². The fourth-order valence-corrected chi connectivity index (χ4v) is 3.12. The van der Waals surface area contributed by atoms with Crippen molar-refractivity contribution in [2.45, 2.75) is 12.8 Å². The van der Waals surface area contributed by atoms with Crippen LogP contribution in [0.2, 0.25) is 0 Å². The molecule has 2 aromatic carbocycles. The molecule has 1 aliphatic rings. The van der Waals surface area contributed by atoms with Gasteiger partial charge in [-0.1, -0.05) is 36.4 Å². The van der Waals surface area contributed by atoms with Crippen molar-refractivity contribution in [1.82, 2.24) is 4.90 Å². The third-order valence-electron chi connectivity index (χ3n) is 4.01. The highest BCUT2D eigenvalue weighted by Gasteiger charge is 2.28. The molecule has 3 rings (SSSR count). The summed E-state index contributed by atoms with van der Waals surface area (Å²) in [4.78, 5) is 14.7. The van der Waals surface area contributed by atoms with E-state index in [0.29, 0.717) is 5.78 Å². The van der Waals surface area contributed by atoms with Crippen LogP contribution in [-0.2, 0) is 6.42 Å². The van der Waals surface area contributed by atoms with Crippen molar-refractivity contribution in [3.05, 3.63) is 47.5 Å². The first-order valence-electron chi connectivity index (χ1n) is 6.86. The number of carbonyl (C=O) groups excluding carboxylic acids is 1. The molecule has 0 heterocycles. The van der Waals surface area contributed by atoms with E-state index in [2.05, 4.69) is 29.2 Å². The minimum Gasteiger partial charge on any atom is -0.309 e. The van der Waals surface area contributed by atoms with Crippen LogP contribution in [0.3, 0.4) is 0 Å². The Morgan fingerprint density at radius 3 is 2.74 bits per heavy atom. The van der Waals surface area contributed by atoms with Crippen LogP contribution in [0.15, 0.2) is 36.4 Å². The number of nitrogens with zero attached hydrogens (tertiary/aromatic N) is 1. The molecular weight excluding hydrogens is 234 g/mol. The summed E-state index contributed by atoms with van der Waals surface area (Å²) < 4.78 is 0. The highest BCUT2D eigenvalue weighted by molar-refractivity contribution is 6.05. The van der Waals surface area contributed by atoms with Crippen LogP contribution < -0.4 is 0 Å². The Morgan fingerprint density at radius 1 is 1.16 bits per heavy atom. The topological polar surface area (TPSA) is 20.3 Å². The highest BCUT2D eigenvalue weighted by atomic mass is 16.1. The fraction of sp³-hybridized carbons (Fsp3) is 0.353. The van der Waals surface area contributed by atoms with Gasteiger partial charge in [0.15, 0.2) is 5.78 Å². The van der Waals surface area contributed by atoms with E-state index in [1.54, 1.807) is 0 Å². The number of benzene rings is 2. The Bertz CT molecular complexity index is 630. The molecule has 0 aliphatic heterocycles. The van der Waals surface area contributed by atoms with Gasteiger partial charge in [0.25, 0.3) is 0 Å². The molecule has 2 aromatic rings. The third-order valence-corrected chi connectivity index (χ3v) is 4.01. The summed E-state index contributed by atoms with van der Waals surface area (Å²) in [5.74, 6) is 0.476. The molecule has 0 aromatic heterocycles. The van der Waals surface area contributed by atoms with E-state index >= 15 is 0 Å². The van der Waals surface area contributed by atoms with Gasteiger partial charge in [-0.15, -0.1) is 0 Å². The average molecular weight is 253 g/mol. The van der Waals surface area contributed by atoms with Crippen molar-refractivity contribution >= 4 is 16.6 Å². The summed E-state index contributed by atoms with van der Waals surface area (Å²) in [6.45, 7) is 0.852. The molecule has 0 saturated carbocycles. The standard InChI is InChI=1S/C17H19NO/c1-18(2)11-13-8-9-15-14-6-4-3-5-12(14)7-10-16(15)17(13)19/h3-7,10,13H,8-9,11H2,1-2H3. The fourth-order valence-electron chi connectivity index (χ4n) is 3.12. The number of hydrogen-bond donors (Lipinski definition) is 0. The quantitative estimate of drug-likeness (QED) is 0.819. The van der Waals surface area contributed by atoms with Gasteiger partial charge < -0.3 is 4.90 Å². The molecule has 1 unspecified atom stereocenters. The van der Waals surface area contributed by atoms with Crippen molar-refractivity contribution in [1.29, 1.82) is 0 Å². The molecule has 1 atom stereocenters. The number of ketones is 1. The van der Waals surface area contributed by atoms with Gasteiger partial charge in [0, 0.05) is 18.0 Å². The third kappa shape index (κ3) is 2.17. The lowest BCUT2D eigenvalue weighted by Crippen LogP contribution is -2.31. The smallest absolute Gasteiger partial charge is 0.167 e. The predicted octanol–water partition coefficient (Wildman–Crippen LogP) is 3.15. The minimum absolute atomic E-state index is 0.156. The lowest BCUT2D eigenvalue weighted by Gasteiger charge is -2.26. The number of fused-ring (bicyclic) bond motifs is 3. The Morgan fingerprint density at radius 2 is 1.95 bits per heavy atom. The van der Waals surface area contributed by atoms with Crippen LogP contribution in [0.25, 0.3) is 10.8 Å². The lowest BCUT2D eigenvalue weighted by molar-refractivity contribution is 0.0878. The molecule has 0 fully saturated rings. The summed E-state index contributed by atoms with van der Waals surface area (Å²) >= 11 is 0. The van der Waals surface area contributed by atoms with Crippen LogP contribution in [0.1, 0.15) is 22.3 Å². The summed E-state index contributed by atoms with van der Waals surface area (Å²) in [7, 11) is 4.06. The van der Waals surface area contributed by atoms with E-state index in [0.717, 1.165) is 24.9 Å². The Balaban J connectivity index is 2.05. The van der Waals surface area contributed by atoms with Gasteiger partial charge in [0.1, 0.15) is 0 Å². The summed E-state index contributed by atoms with van der Waals surface area (Å²) in [6.07, 6.45) is 1.99. The number of rotatable bonds is 2.